The smallest absolute Gasteiger partial charge is 0.352 e. The Labute approximate surface area is 250 Å². The lowest BCUT2D eigenvalue weighted by Gasteiger charge is -2.49. The van der Waals surface area contributed by atoms with Crippen LogP contribution in [0.4, 0.5) is 10.9 Å². The number of amides is 2. The molecule has 0 spiro atoms. The number of rotatable bonds is 9. The third-order valence-corrected chi connectivity index (χ3v) is 9.65. The van der Waals surface area contributed by atoms with Crippen LogP contribution < -0.4 is 16.0 Å². The van der Waals surface area contributed by atoms with Crippen LogP contribution in [-0.2, 0) is 24.0 Å². The molecule has 42 heavy (non-hydrogen) atoms. The number of hydrogen-bond acceptors (Lipinski definition) is 15. The molecule has 3 aliphatic rings. The fourth-order valence-corrected chi connectivity index (χ4v) is 7.58. The first kappa shape index (κ1) is 28.2. The quantitative estimate of drug-likeness (QED) is 0.122. The van der Waals surface area contributed by atoms with E-state index in [0.29, 0.717) is 35.3 Å². The van der Waals surface area contributed by atoms with Crippen LogP contribution in [0, 0.1) is 0 Å². The van der Waals surface area contributed by atoms with Crippen molar-refractivity contribution in [2.45, 2.75) is 16.6 Å². The van der Waals surface area contributed by atoms with Crippen molar-refractivity contribution < 1.29 is 29.1 Å². The molecule has 0 bridgehead atoms. The van der Waals surface area contributed by atoms with E-state index >= 15 is 0 Å². The number of thiazole rings is 1. The SMILES string of the molecule is CO/N=C(\C(=O)N[C@@H]1C(=O)N2C(C(=O)O)=C(CSc3nnc4ccc(N5CCOCC5)nn34)CS[C@H]12)c1csc(N)n1. The molecule has 0 saturated carbocycles. The number of fused-ring (bicyclic) bond motifs is 2. The predicted molar refractivity (Wildman–Crippen MR) is 154 cm³/mol. The van der Waals surface area contributed by atoms with E-state index in [2.05, 4.69) is 35.7 Å². The number of aromatic nitrogens is 5. The van der Waals surface area contributed by atoms with Crippen LogP contribution in [0.5, 0.6) is 0 Å². The van der Waals surface area contributed by atoms with Gasteiger partial charge in [-0.05, 0) is 17.7 Å². The molecule has 19 heteroatoms. The number of carbonyl (C=O) groups excluding carboxylic acids is 2. The molecule has 0 radical (unpaired) electrons. The van der Waals surface area contributed by atoms with Gasteiger partial charge in [0.2, 0.25) is 5.16 Å². The van der Waals surface area contributed by atoms with Gasteiger partial charge in [0, 0.05) is 30.0 Å². The summed E-state index contributed by atoms with van der Waals surface area (Å²) in [5, 5.41) is 31.2. The van der Waals surface area contributed by atoms with Gasteiger partial charge in [-0.3, -0.25) is 14.5 Å². The minimum atomic E-state index is -1.23. The van der Waals surface area contributed by atoms with Crippen molar-refractivity contribution in [3.8, 4) is 0 Å². The molecular weight excluding hydrogens is 609 g/mol. The summed E-state index contributed by atoms with van der Waals surface area (Å²) in [6.45, 7) is 2.69. The second-order valence-electron chi connectivity index (χ2n) is 9.14. The van der Waals surface area contributed by atoms with Gasteiger partial charge in [-0.25, -0.2) is 9.78 Å². The van der Waals surface area contributed by atoms with Crippen molar-refractivity contribution in [2.24, 2.45) is 5.16 Å². The number of nitrogens with zero attached hydrogens (tertiary/aromatic N) is 8. The monoisotopic (exact) mass is 632 g/mol. The van der Waals surface area contributed by atoms with Crippen LogP contribution >= 0.6 is 34.9 Å². The zero-order chi connectivity index (χ0) is 29.4. The van der Waals surface area contributed by atoms with E-state index in [9.17, 15) is 19.5 Å². The molecule has 2 atom stereocenters. The number of carboxylic acids is 1. The number of nitrogens with two attached hydrogens (primary N) is 1. The maximum Gasteiger partial charge on any atom is 0.352 e. The van der Waals surface area contributed by atoms with Gasteiger partial charge in [0.1, 0.15) is 35.7 Å². The minimum absolute atomic E-state index is 0.101. The van der Waals surface area contributed by atoms with Crippen molar-refractivity contribution in [3.05, 3.63) is 34.5 Å². The number of thioether (sulfide) groups is 2. The van der Waals surface area contributed by atoms with E-state index < -0.39 is 29.2 Å². The standard InChI is InChI=1S/C23H24N10O6S3/c1-38-30-15(12-10-41-22(24)25-12)18(34)26-16-19(35)32-17(21(36)37)11(8-40-20(16)32)9-42-23-28-27-13-2-3-14(29-33(13)23)31-4-6-39-7-5-31/h2-3,10,16,20H,4-9H2,1H3,(H2,24,25)(H,26,34)(H,36,37)/b30-15-/t16-,20-/m1/s1. The maximum absolute atomic E-state index is 13.1. The van der Waals surface area contributed by atoms with Crippen LogP contribution in [0.3, 0.4) is 0 Å². The third-order valence-electron chi connectivity index (χ3n) is 6.63. The number of nitrogen functional groups attached to an aromatic ring is 1. The number of hydrogen-bond donors (Lipinski definition) is 3. The van der Waals surface area contributed by atoms with Gasteiger partial charge in [0.05, 0.1) is 13.2 Å². The lowest BCUT2D eigenvalue weighted by Crippen LogP contribution is -2.71. The van der Waals surface area contributed by atoms with Crippen molar-refractivity contribution in [2.75, 3.05) is 55.6 Å². The van der Waals surface area contributed by atoms with E-state index in [1.54, 1.807) is 9.90 Å². The molecule has 6 rings (SSSR count). The molecule has 16 nitrogen and oxygen atoms in total. The van der Waals surface area contributed by atoms with Gasteiger partial charge in [-0.2, -0.15) is 4.52 Å². The first-order chi connectivity index (χ1) is 20.4. The summed E-state index contributed by atoms with van der Waals surface area (Å²) in [5.74, 6) is -1.11. The second kappa shape index (κ2) is 11.7. The topological polar surface area (TPSA) is 203 Å². The van der Waals surface area contributed by atoms with Crippen LogP contribution in [0.25, 0.3) is 5.65 Å². The highest BCUT2D eigenvalue weighted by atomic mass is 32.2. The highest BCUT2D eigenvalue weighted by molar-refractivity contribution is 8.01. The van der Waals surface area contributed by atoms with Gasteiger partial charge in [0.15, 0.2) is 16.5 Å². The number of β-lactam (4-membered cyclic amide) rings is 1. The number of aliphatic carboxylic acids is 1. The number of carbonyl (C=O) groups is 3. The van der Waals surface area contributed by atoms with Gasteiger partial charge in [0.25, 0.3) is 11.8 Å². The fraction of sp³-hybridized carbons (Fsp3) is 0.391. The first-order valence-electron chi connectivity index (χ1n) is 12.6. The Bertz CT molecular complexity index is 1620. The Hall–Kier alpha value is -3.94. The molecule has 6 heterocycles. The van der Waals surface area contributed by atoms with E-state index in [1.807, 2.05) is 12.1 Å². The predicted octanol–water partition coefficient (Wildman–Crippen LogP) is -0.119. The number of nitrogens with one attached hydrogen (secondary N) is 1. The summed E-state index contributed by atoms with van der Waals surface area (Å²) in [6, 6.07) is 2.76. The van der Waals surface area contributed by atoms with Gasteiger partial charge < -0.3 is 30.6 Å². The zero-order valence-corrected chi connectivity index (χ0v) is 24.4. The number of carboxylic acid groups (broad SMARTS) is 1. The summed E-state index contributed by atoms with van der Waals surface area (Å²) >= 11 is 3.77. The van der Waals surface area contributed by atoms with E-state index in [-0.39, 0.29) is 28.0 Å². The molecule has 4 N–H and O–H groups in total. The fourth-order valence-electron chi connectivity index (χ4n) is 4.66. The summed E-state index contributed by atoms with van der Waals surface area (Å²) in [6.07, 6.45) is 0. The lowest BCUT2D eigenvalue weighted by atomic mass is 10.0. The summed E-state index contributed by atoms with van der Waals surface area (Å²) < 4.78 is 7.05. The molecule has 2 saturated heterocycles. The van der Waals surface area contributed by atoms with Crippen molar-refractivity contribution in [1.29, 1.82) is 0 Å². The van der Waals surface area contributed by atoms with Crippen LogP contribution in [-0.4, -0.2) is 115 Å². The van der Waals surface area contributed by atoms with Crippen molar-refractivity contribution in [1.82, 2.24) is 35.0 Å². The second-order valence-corrected chi connectivity index (χ2v) is 12.1. The molecule has 3 aliphatic heterocycles. The summed E-state index contributed by atoms with van der Waals surface area (Å²) in [5.41, 5.74) is 6.74. The summed E-state index contributed by atoms with van der Waals surface area (Å²) in [4.78, 5) is 50.6. The van der Waals surface area contributed by atoms with Crippen LogP contribution in [0.2, 0.25) is 0 Å². The number of oxime groups is 1. The van der Waals surface area contributed by atoms with Crippen LogP contribution in [0.15, 0.2) is 39.1 Å². The van der Waals surface area contributed by atoms with E-state index in [0.717, 1.165) is 30.2 Å². The molecule has 0 aliphatic carbocycles. The number of morpholine rings is 1. The Morgan fingerprint density at radius 2 is 2.12 bits per heavy atom. The Balaban J connectivity index is 1.17. The Morgan fingerprint density at radius 1 is 1.31 bits per heavy atom. The molecule has 3 aromatic heterocycles. The summed E-state index contributed by atoms with van der Waals surface area (Å²) in [7, 11) is 1.28. The lowest BCUT2D eigenvalue weighted by molar-refractivity contribution is -0.150. The van der Waals surface area contributed by atoms with Gasteiger partial charge in [-0.15, -0.1) is 38.4 Å². The average Bonchev–Trinajstić information content (AvgIpc) is 3.62. The molecule has 0 unspecified atom stereocenters. The maximum atomic E-state index is 13.1. The van der Waals surface area contributed by atoms with Crippen molar-refractivity contribution >= 4 is 75.0 Å². The highest BCUT2D eigenvalue weighted by Gasteiger charge is 2.54. The van der Waals surface area contributed by atoms with E-state index in [1.165, 1.54) is 35.5 Å². The van der Waals surface area contributed by atoms with Crippen LogP contribution in [0.1, 0.15) is 5.69 Å². The minimum Gasteiger partial charge on any atom is -0.477 e. The molecule has 3 aromatic rings. The Kier molecular flexibility index (Phi) is 7.88. The molecule has 0 aromatic carbocycles. The van der Waals surface area contributed by atoms with Crippen molar-refractivity contribution in [3.63, 3.8) is 0 Å². The first-order valence-corrected chi connectivity index (χ1v) is 15.5. The number of ether oxygens (including phenoxy) is 1. The van der Waals surface area contributed by atoms with E-state index in [4.69, 9.17) is 15.3 Å². The molecule has 2 amide bonds. The largest absolute Gasteiger partial charge is 0.477 e. The van der Waals surface area contributed by atoms with Gasteiger partial charge in [-0.1, -0.05) is 16.9 Å². The normalized spacial score (nSPS) is 20.9. The zero-order valence-electron chi connectivity index (χ0n) is 22.0. The molecule has 2 fully saturated rings. The third kappa shape index (κ3) is 5.23. The molecular formula is C23H24N10O6S3. The molecule has 220 valence electrons. The Morgan fingerprint density at radius 3 is 2.83 bits per heavy atom. The van der Waals surface area contributed by atoms with Gasteiger partial charge >= 0.3 is 5.97 Å². The highest BCUT2D eigenvalue weighted by Crippen LogP contribution is 2.41. The number of anilines is 2. The average molecular weight is 633 g/mol.